The van der Waals surface area contributed by atoms with E-state index < -0.39 is 40.6 Å². The number of ether oxygens (including phenoxy) is 1. The second-order valence-electron chi connectivity index (χ2n) is 7.22. The third-order valence-corrected chi connectivity index (χ3v) is 5.61. The maximum atomic E-state index is 12.5. The van der Waals surface area contributed by atoms with Gasteiger partial charge in [0, 0.05) is 6.07 Å². The number of hydrogen-bond donors (Lipinski definition) is 4. The van der Waals surface area contributed by atoms with Crippen LogP contribution in [0.3, 0.4) is 0 Å². The van der Waals surface area contributed by atoms with Gasteiger partial charge in [-0.15, -0.1) is 0 Å². The minimum absolute atomic E-state index is 0. The van der Waals surface area contributed by atoms with Crippen LogP contribution in [0.2, 0.25) is 0 Å². The van der Waals surface area contributed by atoms with Gasteiger partial charge in [0.15, 0.2) is 5.75 Å². The van der Waals surface area contributed by atoms with Crippen LogP contribution in [0.1, 0.15) is 25.8 Å². The maximum absolute atomic E-state index is 12.5. The number of carbonyl (C=O) groups is 3. The Labute approximate surface area is 226 Å². The Morgan fingerprint density at radius 2 is 1.77 bits per heavy atom. The first kappa shape index (κ1) is 30.2. The average molecular weight is 518 g/mol. The van der Waals surface area contributed by atoms with Gasteiger partial charge in [0.1, 0.15) is 24.9 Å². The van der Waals surface area contributed by atoms with E-state index in [9.17, 15) is 27.9 Å². The molecule has 0 heterocycles. The number of nitrogens with one attached hydrogen (secondary N) is 3. The van der Waals surface area contributed by atoms with E-state index in [-0.39, 0.29) is 59.1 Å². The van der Waals surface area contributed by atoms with Gasteiger partial charge in [0.05, 0.1) is 11.4 Å². The predicted molar refractivity (Wildman–Crippen MR) is 131 cm³/mol. The molecule has 2 aromatic rings. The van der Waals surface area contributed by atoms with Crippen LogP contribution in [0.5, 0.6) is 11.5 Å². The van der Waals surface area contributed by atoms with Gasteiger partial charge in [0.2, 0.25) is 11.8 Å². The van der Waals surface area contributed by atoms with Crippen molar-refractivity contribution in [3.8, 4) is 11.5 Å². The van der Waals surface area contributed by atoms with Crippen LogP contribution in [0.4, 0.5) is 10.5 Å². The molecule has 3 amide bonds. The third kappa shape index (κ3) is 11.0. The Balaban J connectivity index is 0.00000612. The molecule has 0 spiro atoms. The summed E-state index contributed by atoms with van der Waals surface area (Å²) in [7, 11) is -3.92. The molecule has 0 unspecified atom stereocenters. The van der Waals surface area contributed by atoms with Crippen LogP contribution in [-0.2, 0) is 31.1 Å². The van der Waals surface area contributed by atoms with Crippen LogP contribution in [-0.4, -0.2) is 79.3 Å². The Kier molecular flexibility index (Phi) is 12.6. The van der Waals surface area contributed by atoms with Crippen LogP contribution in [0, 0.1) is 0 Å². The molecular formula is C22H28N3NaO8S. The molecule has 0 radical (unpaired) electrons. The van der Waals surface area contributed by atoms with E-state index in [0.717, 1.165) is 11.6 Å². The summed E-state index contributed by atoms with van der Waals surface area (Å²) in [5.74, 6) is -2.09. The van der Waals surface area contributed by atoms with Gasteiger partial charge < -0.3 is 30.0 Å². The zero-order valence-corrected chi connectivity index (χ0v) is 19.6. The number of alkyl carbamates (subject to hydrolysis) is 1. The molecule has 4 N–H and O–H groups in total. The first-order valence-corrected chi connectivity index (χ1v) is 12.0. The van der Waals surface area contributed by atoms with Crippen LogP contribution >= 0.6 is 0 Å². The van der Waals surface area contributed by atoms with E-state index in [1.165, 1.54) is 19.1 Å². The monoisotopic (exact) mass is 517 g/mol. The number of carbonyl (C=O) groups excluding carboxylic acids is 3. The van der Waals surface area contributed by atoms with E-state index in [1.807, 2.05) is 6.07 Å². The van der Waals surface area contributed by atoms with Gasteiger partial charge in [0.25, 0.3) is 0 Å². The average Bonchev–Trinajstić information content (AvgIpc) is 2.78. The summed E-state index contributed by atoms with van der Waals surface area (Å²) in [4.78, 5) is 36.3. The minimum atomic E-state index is -3.92. The number of benzene rings is 2. The first-order valence-electron chi connectivity index (χ1n) is 10.4. The number of amides is 3. The Hall–Kier alpha value is -2.80. The van der Waals surface area contributed by atoms with Gasteiger partial charge >= 0.3 is 45.8 Å². The Morgan fingerprint density at radius 1 is 1.09 bits per heavy atom. The molecule has 186 valence electrons. The molecule has 1 atom stereocenters. The SMILES string of the molecule is CCCS(=O)(=O)Oc1cc(O)ccc1NC(=O)[C@H](C)NC(=O)CNC(=O)OCc1ccccc1.[NaH]. The zero-order chi connectivity index (χ0) is 25.1. The molecule has 0 aliphatic rings. The van der Waals surface area contributed by atoms with Gasteiger partial charge in [-0.1, -0.05) is 37.3 Å². The number of phenolic OH excluding ortho intramolecular Hbond substituents is 1. The van der Waals surface area contributed by atoms with Crippen LogP contribution < -0.4 is 20.1 Å². The summed E-state index contributed by atoms with van der Waals surface area (Å²) >= 11 is 0. The second kappa shape index (κ2) is 14.6. The molecule has 0 saturated carbocycles. The summed E-state index contributed by atoms with van der Waals surface area (Å²) in [5.41, 5.74) is 0.777. The topological polar surface area (TPSA) is 160 Å². The molecule has 35 heavy (non-hydrogen) atoms. The Morgan fingerprint density at radius 3 is 2.43 bits per heavy atom. The number of rotatable bonds is 11. The summed E-state index contributed by atoms with van der Waals surface area (Å²) in [5, 5.41) is 16.8. The van der Waals surface area contributed by atoms with Crippen molar-refractivity contribution >= 4 is 63.3 Å². The van der Waals surface area contributed by atoms with Crippen molar-refractivity contribution in [2.75, 3.05) is 17.6 Å². The van der Waals surface area contributed by atoms with Crippen molar-refractivity contribution in [1.82, 2.24) is 10.6 Å². The number of anilines is 1. The summed E-state index contributed by atoms with van der Waals surface area (Å²) < 4.78 is 33.9. The molecule has 11 nitrogen and oxygen atoms in total. The van der Waals surface area contributed by atoms with E-state index >= 15 is 0 Å². The molecule has 0 aromatic heterocycles. The van der Waals surface area contributed by atoms with Crippen molar-refractivity contribution in [2.24, 2.45) is 0 Å². The van der Waals surface area contributed by atoms with Crippen molar-refractivity contribution in [3.63, 3.8) is 0 Å². The first-order chi connectivity index (χ1) is 16.1. The van der Waals surface area contributed by atoms with Gasteiger partial charge in [-0.3, -0.25) is 9.59 Å². The number of aromatic hydroxyl groups is 1. The molecule has 0 aliphatic heterocycles. The van der Waals surface area contributed by atoms with Crippen molar-refractivity contribution in [1.29, 1.82) is 0 Å². The van der Waals surface area contributed by atoms with Crippen molar-refractivity contribution in [3.05, 3.63) is 54.1 Å². The van der Waals surface area contributed by atoms with E-state index in [0.29, 0.717) is 6.42 Å². The molecule has 0 saturated heterocycles. The van der Waals surface area contributed by atoms with Gasteiger partial charge in [-0.05, 0) is 31.0 Å². The normalized spacial score (nSPS) is 11.4. The van der Waals surface area contributed by atoms with Gasteiger partial charge in [-0.2, -0.15) is 8.42 Å². The fourth-order valence-corrected chi connectivity index (χ4v) is 3.63. The third-order valence-electron chi connectivity index (χ3n) is 4.27. The predicted octanol–water partition coefficient (Wildman–Crippen LogP) is 1.23. The summed E-state index contributed by atoms with van der Waals surface area (Å²) in [6.07, 6.45) is -0.477. The molecular weight excluding hydrogens is 489 g/mol. The van der Waals surface area contributed by atoms with Crippen LogP contribution in [0.25, 0.3) is 0 Å². The van der Waals surface area contributed by atoms with E-state index in [2.05, 4.69) is 16.0 Å². The van der Waals surface area contributed by atoms with E-state index in [4.69, 9.17) is 8.92 Å². The number of phenols is 1. The molecule has 2 aromatic carbocycles. The fourth-order valence-electron chi connectivity index (χ4n) is 2.64. The quantitative estimate of drug-likeness (QED) is 0.197. The molecule has 0 aliphatic carbocycles. The summed E-state index contributed by atoms with van der Waals surface area (Å²) in [6, 6.07) is 11.5. The molecule has 13 heteroatoms. The molecule has 2 rings (SSSR count). The van der Waals surface area contributed by atoms with Crippen molar-refractivity contribution in [2.45, 2.75) is 32.9 Å². The summed E-state index contributed by atoms with van der Waals surface area (Å²) in [6.45, 7) is 2.68. The Bertz CT molecular complexity index is 1110. The van der Waals surface area contributed by atoms with Gasteiger partial charge in [-0.25, -0.2) is 4.79 Å². The molecule has 0 bridgehead atoms. The zero-order valence-electron chi connectivity index (χ0n) is 18.7. The van der Waals surface area contributed by atoms with Crippen molar-refractivity contribution < 1.29 is 36.8 Å². The molecule has 0 fully saturated rings. The van der Waals surface area contributed by atoms with Crippen LogP contribution in [0.15, 0.2) is 48.5 Å². The number of hydrogen-bond acceptors (Lipinski definition) is 8. The standard InChI is InChI=1S/C22H27N3O8S.Na.H/c1-3-11-34(30,31)33-19-12-17(26)9-10-18(19)25-21(28)15(2)24-20(27)13-23-22(29)32-14-16-7-5-4-6-8-16;;/h4-10,12,15,26H,3,11,13-14H2,1-2H3,(H,23,29)(H,24,27)(H,25,28);;/t15-;;/m0../s1. The fraction of sp³-hybridized carbons (Fsp3) is 0.318. The second-order valence-corrected chi connectivity index (χ2v) is 8.91. The van der Waals surface area contributed by atoms with E-state index in [1.54, 1.807) is 31.2 Å².